The highest BCUT2D eigenvalue weighted by molar-refractivity contribution is 5.93. The minimum Gasteiger partial charge on any atom is -0.367 e. The molecule has 0 fully saturated rings. The molecule has 0 spiro atoms. The highest BCUT2D eigenvalue weighted by Gasteiger charge is 2.18. The average molecular weight is 267 g/mol. The van der Waals surface area contributed by atoms with Crippen LogP contribution in [0.1, 0.15) is 19.4 Å². The van der Waals surface area contributed by atoms with Gasteiger partial charge in [0.1, 0.15) is 5.69 Å². The number of rotatable bonds is 3. The maximum absolute atomic E-state index is 5.92. The maximum atomic E-state index is 5.92. The summed E-state index contributed by atoms with van der Waals surface area (Å²) in [6.45, 7) is 4.30. The van der Waals surface area contributed by atoms with Crippen molar-refractivity contribution in [3.05, 3.63) is 42.1 Å². The van der Waals surface area contributed by atoms with Gasteiger partial charge in [-0.3, -0.25) is 4.98 Å². The smallest absolute Gasteiger partial charge is 0.225 e. The molecule has 0 amide bonds. The molecule has 20 heavy (non-hydrogen) atoms. The van der Waals surface area contributed by atoms with Crippen molar-refractivity contribution in [1.82, 2.24) is 10.1 Å². The molecule has 4 heteroatoms. The molecule has 3 rings (SSSR count). The van der Waals surface area contributed by atoms with Crippen LogP contribution in [0, 0.1) is 5.92 Å². The van der Waals surface area contributed by atoms with Crippen LogP contribution in [-0.2, 0) is 6.42 Å². The van der Waals surface area contributed by atoms with Gasteiger partial charge in [-0.25, -0.2) is 0 Å². The van der Waals surface area contributed by atoms with Crippen molar-refractivity contribution in [2.45, 2.75) is 20.3 Å². The number of hydrogen-bond donors (Lipinski definition) is 1. The van der Waals surface area contributed by atoms with Crippen molar-refractivity contribution < 1.29 is 4.52 Å². The van der Waals surface area contributed by atoms with Gasteiger partial charge in [0.15, 0.2) is 0 Å². The lowest BCUT2D eigenvalue weighted by atomic mass is 9.98. The Kier molecular flexibility index (Phi) is 3.14. The standard InChI is InChI=1S/C16H17N3O/c1-10(2)9-13-15(19-20-16(13)17)12-7-3-5-11-6-4-8-18-14(11)12/h3-8,10H,9,17H2,1-2H3. The normalized spacial score (nSPS) is 11.3. The summed E-state index contributed by atoms with van der Waals surface area (Å²) < 4.78 is 5.20. The van der Waals surface area contributed by atoms with Crippen LogP contribution in [0.25, 0.3) is 22.2 Å². The SMILES string of the molecule is CC(C)Cc1c(-c2cccc3cccnc23)noc1N. The molecule has 2 aromatic heterocycles. The molecule has 0 saturated heterocycles. The number of nitrogen functional groups attached to an aromatic ring is 1. The van der Waals surface area contributed by atoms with Gasteiger partial charge in [-0.1, -0.05) is 43.3 Å². The van der Waals surface area contributed by atoms with E-state index in [0.717, 1.165) is 34.1 Å². The van der Waals surface area contributed by atoms with Crippen molar-refractivity contribution in [2.24, 2.45) is 5.92 Å². The summed E-state index contributed by atoms with van der Waals surface area (Å²) >= 11 is 0. The fourth-order valence-electron chi connectivity index (χ4n) is 2.43. The zero-order valence-electron chi connectivity index (χ0n) is 11.6. The number of para-hydroxylation sites is 1. The quantitative estimate of drug-likeness (QED) is 0.786. The van der Waals surface area contributed by atoms with Crippen LogP contribution in [0.2, 0.25) is 0 Å². The molecule has 0 aliphatic carbocycles. The molecular formula is C16H17N3O. The van der Waals surface area contributed by atoms with Crippen molar-refractivity contribution in [3.63, 3.8) is 0 Å². The first kappa shape index (κ1) is 12.7. The summed E-state index contributed by atoms with van der Waals surface area (Å²) in [7, 11) is 0. The number of aromatic nitrogens is 2. The molecule has 0 radical (unpaired) electrons. The van der Waals surface area contributed by atoms with Gasteiger partial charge in [-0.15, -0.1) is 0 Å². The number of benzene rings is 1. The predicted molar refractivity (Wildman–Crippen MR) is 80.2 cm³/mol. The van der Waals surface area contributed by atoms with Crippen LogP contribution >= 0.6 is 0 Å². The first-order valence-electron chi connectivity index (χ1n) is 6.75. The van der Waals surface area contributed by atoms with E-state index < -0.39 is 0 Å². The van der Waals surface area contributed by atoms with Crippen LogP contribution in [-0.4, -0.2) is 10.1 Å². The Bertz CT molecular complexity index is 741. The highest BCUT2D eigenvalue weighted by Crippen LogP contribution is 2.32. The second-order valence-electron chi connectivity index (χ2n) is 5.35. The number of nitrogens with two attached hydrogens (primary N) is 1. The first-order valence-corrected chi connectivity index (χ1v) is 6.75. The molecule has 0 saturated carbocycles. The predicted octanol–water partition coefficient (Wildman–Crippen LogP) is 3.67. The maximum Gasteiger partial charge on any atom is 0.225 e. The van der Waals surface area contributed by atoms with Crippen LogP contribution in [0.5, 0.6) is 0 Å². The van der Waals surface area contributed by atoms with Gasteiger partial charge in [0.05, 0.1) is 5.52 Å². The lowest BCUT2D eigenvalue weighted by molar-refractivity contribution is 0.438. The third-order valence-corrected chi connectivity index (χ3v) is 3.32. The number of pyridine rings is 1. The summed E-state index contributed by atoms with van der Waals surface area (Å²) in [6.07, 6.45) is 2.63. The van der Waals surface area contributed by atoms with Gasteiger partial charge in [-0.05, 0) is 18.4 Å². The Balaban J connectivity index is 2.21. The Morgan fingerprint density at radius 2 is 2.00 bits per heavy atom. The second-order valence-corrected chi connectivity index (χ2v) is 5.35. The van der Waals surface area contributed by atoms with Crippen molar-refractivity contribution in [2.75, 3.05) is 5.73 Å². The molecule has 0 atom stereocenters. The molecule has 1 aromatic carbocycles. The van der Waals surface area contributed by atoms with E-state index in [1.807, 2.05) is 30.3 Å². The Labute approximate surface area is 117 Å². The van der Waals surface area contributed by atoms with E-state index in [1.165, 1.54) is 0 Å². The third kappa shape index (κ3) is 2.13. The highest BCUT2D eigenvalue weighted by atomic mass is 16.5. The Morgan fingerprint density at radius 3 is 2.80 bits per heavy atom. The average Bonchev–Trinajstić information content (AvgIpc) is 2.79. The lowest BCUT2D eigenvalue weighted by Gasteiger charge is -2.07. The van der Waals surface area contributed by atoms with Gasteiger partial charge in [0.2, 0.25) is 5.88 Å². The van der Waals surface area contributed by atoms with Crippen molar-refractivity contribution in [3.8, 4) is 11.3 Å². The molecule has 3 aromatic rings. The number of anilines is 1. The van der Waals surface area contributed by atoms with Crippen molar-refractivity contribution in [1.29, 1.82) is 0 Å². The molecule has 102 valence electrons. The minimum atomic E-state index is 0.404. The largest absolute Gasteiger partial charge is 0.367 e. The van der Waals surface area contributed by atoms with E-state index in [9.17, 15) is 0 Å². The molecule has 2 N–H and O–H groups in total. The lowest BCUT2D eigenvalue weighted by Crippen LogP contribution is -1.99. The van der Waals surface area contributed by atoms with Crippen LogP contribution in [0.3, 0.4) is 0 Å². The fourth-order valence-corrected chi connectivity index (χ4v) is 2.43. The van der Waals surface area contributed by atoms with E-state index in [0.29, 0.717) is 11.8 Å². The fraction of sp³-hybridized carbons (Fsp3) is 0.250. The van der Waals surface area contributed by atoms with E-state index in [2.05, 4.69) is 24.0 Å². The molecule has 4 nitrogen and oxygen atoms in total. The molecule has 0 aliphatic rings. The van der Waals surface area contributed by atoms with Gasteiger partial charge in [0.25, 0.3) is 0 Å². The summed E-state index contributed by atoms with van der Waals surface area (Å²) in [4.78, 5) is 4.46. The zero-order chi connectivity index (χ0) is 14.1. The molecule has 0 aliphatic heterocycles. The second kappa shape index (κ2) is 4.96. The summed E-state index contributed by atoms with van der Waals surface area (Å²) in [5.41, 5.74) is 9.59. The first-order chi connectivity index (χ1) is 9.66. The van der Waals surface area contributed by atoms with Crippen LogP contribution in [0.15, 0.2) is 41.1 Å². The van der Waals surface area contributed by atoms with E-state index >= 15 is 0 Å². The summed E-state index contributed by atoms with van der Waals surface area (Å²) in [6, 6.07) is 10.0. The zero-order valence-corrected chi connectivity index (χ0v) is 11.6. The third-order valence-electron chi connectivity index (χ3n) is 3.32. The molecule has 0 unspecified atom stereocenters. The van der Waals surface area contributed by atoms with E-state index in [-0.39, 0.29) is 0 Å². The van der Waals surface area contributed by atoms with Gasteiger partial charge in [-0.2, -0.15) is 0 Å². The van der Waals surface area contributed by atoms with Crippen molar-refractivity contribution >= 4 is 16.8 Å². The van der Waals surface area contributed by atoms with E-state index in [4.69, 9.17) is 10.3 Å². The topological polar surface area (TPSA) is 64.9 Å². The number of hydrogen-bond acceptors (Lipinski definition) is 4. The van der Waals surface area contributed by atoms with E-state index in [1.54, 1.807) is 6.20 Å². The molecule has 0 bridgehead atoms. The summed E-state index contributed by atoms with van der Waals surface area (Å²) in [5, 5.41) is 5.23. The Morgan fingerprint density at radius 1 is 1.20 bits per heavy atom. The summed E-state index contributed by atoms with van der Waals surface area (Å²) in [5.74, 6) is 0.889. The molecular weight excluding hydrogens is 250 g/mol. The molecule has 2 heterocycles. The van der Waals surface area contributed by atoms with Gasteiger partial charge < -0.3 is 10.3 Å². The minimum absolute atomic E-state index is 0.404. The monoisotopic (exact) mass is 267 g/mol. The van der Waals surface area contributed by atoms with Crippen LogP contribution < -0.4 is 5.73 Å². The number of fused-ring (bicyclic) bond motifs is 1. The van der Waals surface area contributed by atoms with Gasteiger partial charge in [0, 0.05) is 22.7 Å². The Hall–Kier alpha value is -2.36. The van der Waals surface area contributed by atoms with Crippen LogP contribution in [0.4, 0.5) is 5.88 Å². The number of nitrogens with zero attached hydrogens (tertiary/aromatic N) is 2. The van der Waals surface area contributed by atoms with Gasteiger partial charge >= 0.3 is 0 Å².